The van der Waals surface area contributed by atoms with E-state index in [9.17, 15) is 4.39 Å². The predicted octanol–water partition coefficient (Wildman–Crippen LogP) is 2.01. The fourth-order valence-electron chi connectivity index (χ4n) is 1.16. The van der Waals surface area contributed by atoms with Gasteiger partial charge >= 0.3 is 0 Å². The van der Waals surface area contributed by atoms with E-state index >= 15 is 0 Å². The molecule has 0 unspecified atom stereocenters. The van der Waals surface area contributed by atoms with Crippen LogP contribution in [0.4, 0.5) is 4.39 Å². The van der Waals surface area contributed by atoms with Gasteiger partial charge in [0.15, 0.2) is 5.82 Å². The molecule has 0 bridgehead atoms. The Morgan fingerprint density at radius 2 is 2.27 bits per heavy atom. The van der Waals surface area contributed by atoms with E-state index < -0.39 is 0 Å². The zero-order chi connectivity index (χ0) is 7.84. The van der Waals surface area contributed by atoms with Crippen LogP contribution >= 0.6 is 0 Å². The summed E-state index contributed by atoms with van der Waals surface area (Å²) in [5, 5.41) is 0.822. The van der Waals surface area contributed by atoms with Gasteiger partial charge in [0, 0.05) is 17.3 Å². The van der Waals surface area contributed by atoms with Crippen LogP contribution < -0.4 is 0 Å². The molecule has 3 heteroatoms. The summed E-state index contributed by atoms with van der Waals surface area (Å²) in [6, 6.07) is 1.87. The molecule has 0 saturated heterocycles. The highest BCUT2D eigenvalue weighted by atomic mass is 19.1. The number of nitrogens with zero attached hydrogens (tertiary/aromatic N) is 1. The van der Waals surface area contributed by atoms with Gasteiger partial charge in [0.1, 0.15) is 0 Å². The molecule has 0 aliphatic carbocycles. The number of aryl methyl sites for hydroxylation is 1. The van der Waals surface area contributed by atoms with Crippen LogP contribution in [0.5, 0.6) is 0 Å². The van der Waals surface area contributed by atoms with Gasteiger partial charge in [-0.05, 0) is 13.0 Å². The van der Waals surface area contributed by atoms with Gasteiger partial charge in [-0.1, -0.05) is 0 Å². The van der Waals surface area contributed by atoms with E-state index in [4.69, 9.17) is 0 Å². The molecule has 2 rings (SSSR count). The van der Waals surface area contributed by atoms with Crippen LogP contribution in [0, 0.1) is 12.7 Å². The van der Waals surface area contributed by atoms with Crippen LogP contribution in [-0.2, 0) is 0 Å². The van der Waals surface area contributed by atoms with E-state index in [-0.39, 0.29) is 5.82 Å². The van der Waals surface area contributed by atoms with Gasteiger partial charge in [0.05, 0.1) is 11.7 Å². The van der Waals surface area contributed by atoms with Crippen LogP contribution in [0.1, 0.15) is 5.69 Å². The summed E-state index contributed by atoms with van der Waals surface area (Å²) in [6.45, 7) is 1.89. The lowest BCUT2D eigenvalue weighted by Gasteiger charge is -1.88. The monoisotopic (exact) mass is 150 g/mol. The average Bonchev–Trinajstić information content (AvgIpc) is 2.31. The van der Waals surface area contributed by atoms with Crippen molar-refractivity contribution in [3.05, 3.63) is 30.0 Å². The summed E-state index contributed by atoms with van der Waals surface area (Å²) >= 11 is 0. The number of fused-ring (bicyclic) bond motifs is 1. The SMILES string of the molecule is Cc1cc2cncc(F)c2[nH]1. The molecule has 0 amide bonds. The van der Waals surface area contributed by atoms with E-state index in [0.717, 1.165) is 11.1 Å². The fraction of sp³-hybridized carbons (Fsp3) is 0.125. The summed E-state index contributed by atoms with van der Waals surface area (Å²) in [5.41, 5.74) is 1.49. The molecule has 2 aromatic rings. The number of pyridine rings is 1. The van der Waals surface area contributed by atoms with Gasteiger partial charge in [-0.25, -0.2) is 4.39 Å². The Bertz CT molecular complexity index is 392. The maximum absolute atomic E-state index is 12.9. The smallest absolute Gasteiger partial charge is 0.165 e. The minimum atomic E-state index is -0.296. The van der Waals surface area contributed by atoms with Crippen LogP contribution in [0.3, 0.4) is 0 Å². The molecule has 0 saturated carbocycles. The second-order valence-electron chi connectivity index (χ2n) is 2.54. The zero-order valence-corrected chi connectivity index (χ0v) is 6.06. The van der Waals surface area contributed by atoms with Gasteiger partial charge < -0.3 is 4.98 Å². The van der Waals surface area contributed by atoms with E-state index in [2.05, 4.69) is 9.97 Å². The lowest BCUT2D eigenvalue weighted by atomic mass is 10.3. The average molecular weight is 150 g/mol. The minimum Gasteiger partial charge on any atom is -0.356 e. The van der Waals surface area contributed by atoms with Gasteiger partial charge in [-0.15, -0.1) is 0 Å². The van der Waals surface area contributed by atoms with Crippen molar-refractivity contribution < 1.29 is 4.39 Å². The lowest BCUT2D eigenvalue weighted by molar-refractivity contribution is 0.631. The molecular formula is C8H7FN2. The van der Waals surface area contributed by atoms with Crippen LogP contribution in [0.25, 0.3) is 10.9 Å². The quantitative estimate of drug-likeness (QED) is 0.611. The number of H-pyrrole nitrogens is 1. The number of aromatic amines is 1. The molecule has 2 nitrogen and oxygen atoms in total. The summed E-state index contributed by atoms with van der Waals surface area (Å²) in [7, 11) is 0. The van der Waals surface area contributed by atoms with Gasteiger partial charge in [0.25, 0.3) is 0 Å². The third kappa shape index (κ3) is 0.888. The van der Waals surface area contributed by atoms with Gasteiger partial charge in [0.2, 0.25) is 0 Å². The summed E-state index contributed by atoms with van der Waals surface area (Å²) in [4.78, 5) is 6.64. The number of rotatable bonds is 0. The fourth-order valence-corrected chi connectivity index (χ4v) is 1.16. The number of aromatic nitrogens is 2. The van der Waals surface area contributed by atoms with Gasteiger partial charge in [-0.3, -0.25) is 4.98 Å². The van der Waals surface area contributed by atoms with Crippen LogP contribution in [-0.4, -0.2) is 9.97 Å². The maximum Gasteiger partial charge on any atom is 0.165 e. The summed E-state index contributed by atoms with van der Waals surface area (Å²) in [6.07, 6.45) is 2.85. The first kappa shape index (κ1) is 6.34. The molecule has 0 aliphatic rings. The molecule has 0 radical (unpaired) electrons. The molecule has 2 heterocycles. The second-order valence-corrected chi connectivity index (χ2v) is 2.54. The van der Waals surface area contributed by atoms with Crippen molar-refractivity contribution in [3.8, 4) is 0 Å². The lowest BCUT2D eigenvalue weighted by Crippen LogP contribution is -1.79. The maximum atomic E-state index is 12.9. The Kier molecular flexibility index (Phi) is 1.18. The Hall–Kier alpha value is -1.38. The van der Waals surface area contributed by atoms with Crippen molar-refractivity contribution in [2.45, 2.75) is 6.92 Å². The highest BCUT2D eigenvalue weighted by molar-refractivity contribution is 5.79. The Morgan fingerprint density at radius 3 is 3.00 bits per heavy atom. The van der Waals surface area contributed by atoms with Crippen molar-refractivity contribution in [1.82, 2.24) is 9.97 Å². The third-order valence-electron chi connectivity index (χ3n) is 1.62. The van der Waals surface area contributed by atoms with Crippen LogP contribution in [0.15, 0.2) is 18.5 Å². The Morgan fingerprint density at radius 1 is 1.45 bits per heavy atom. The van der Waals surface area contributed by atoms with Crippen molar-refractivity contribution in [1.29, 1.82) is 0 Å². The zero-order valence-electron chi connectivity index (χ0n) is 6.06. The molecule has 56 valence electrons. The largest absolute Gasteiger partial charge is 0.356 e. The highest BCUT2D eigenvalue weighted by Crippen LogP contribution is 2.15. The number of hydrogen-bond acceptors (Lipinski definition) is 1. The molecule has 0 spiro atoms. The van der Waals surface area contributed by atoms with E-state index in [1.54, 1.807) is 6.20 Å². The third-order valence-corrected chi connectivity index (χ3v) is 1.62. The van der Waals surface area contributed by atoms with E-state index in [1.165, 1.54) is 6.20 Å². The molecule has 0 fully saturated rings. The summed E-state index contributed by atoms with van der Waals surface area (Å²) in [5.74, 6) is -0.296. The Balaban J connectivity index is 2.90. The molecule has 11 heavy (non-hydrogen) atoms. The predicted molar refractivity (Wildman–Crippen MR) is 40.8 cm³/mol. The van der Waals surface area contributed by atoms with Crippen molar-refractivity contribution in [2.24, 2.45) is 0 Å². The molecule has 1 N–H and O–H groups in total. The number of nitrogens with one attached hydrogen (secondary N) is 1. The van der Waals surface area contributed by atoms with Gasteiger partial charge in [-0.2, -0.15) is 0 Å². The molecule has 0 aromatic carbocycles. The highest BCUT2D eigenvalue weighted by Gasteiger charge is 2.01. The van der Waals surface area contributed by atoms with Crippen molar-refractivity contribution in [2.75, 3.05) is 0 Å². The number of halogens is 1. The molecule has 2 aromatic heterocycles. The first-order chi connectivity index (χ1) is 5.27. The molecule has 0 aliphatic heterocycles. The first-order valence-corrected chi connectivity index (χ1v) is 3.36. The van der Waals surface area contributed by atoms with Crippen molar-refractivity contribution in [3.63, 3.8) is 0 Å². The normalized spacial score (nSPS) is 10.7. The molecular weight excluding hydrogens is 143 g/mol. The summed E-state index contributed by atoms with van der Waals surface area (Å²) < 4.78 is 12.9. The van der Waals surface area contributed by atoms with Crippen LogP contribution in [0.2, 0.25) is 0 Å². The van der Waals surface area contributed by atoms with E-state index in [1.807, 2.05) is 13.0 Å². The second kappa shape index (κ2) is 2.05. The Labute approximate surface area is 63.1 Å². The topological polar surface area (TPSA) is 28.7 Å². The number of hydrogen-bond donors (Lipinski definition) is 1. The standard InChI is InChI=1S/C8H7FN2/c1-5-2-6-3-10-4-7(9)8(6)11-5/h2-4,11H,1H3. The first-order valence-electron chi connectivity index (χ1n) is 3.36. The molecule has 0 atom stereocenters. The van der Waals surface area contributed by atoms with E-state index in [0.29, 0.717) is 5.52 Å². The van der Waals surface area contributed by atoms with Crippen molar-refractivity contribution >= 4 is 10.9 Å². The minimum absolute atomic E-state index is 0.296.